The molecule has 0 radical (unpaired) electrons. The molecule has 0 amide bonds. The van der Waals surface area contributed by atoms with E-state index in [2.05, 4.69) is 15.4 Å². The summed E-state index contributed by atoms with van der Waals surface area (Å²) in [5.41, 5.74) is 3.22. The van der Waals surface area contributed by atoms with E-state index in [1.807, 2.05) is 48.5 Å². The Balaban J connectivity index is 1.71. The second kappa shape index (κ2) is 6.12. The van der Waals surface area contributed by atoms with Crippen LogP contribution >= 0.6 is 0 Å². The van der Waals surface area contributed by atoms with Gasteiger partial charge in [0, 0.05) is 29.8 Å². The van der Waals surface area contributed by atoms with Crippen molar-refractivity contribution in [2.45, 2.75) is 6.54 Å². The lowest BCUT2D eigenvalue weighted by Gasteiger charge is -2.11. The van der Waals surface area contributed by atoms with Gasteiger partial charge < -0.3 is 5.32 Å². The van der Waals surface area contributed by atoms with Gasteiger partial charge in [-0.2, -0.15) is 9.61 Å². The Morgan fingerprint density at radius 3 is 2.58 bits per heavy atom. The summed E-state index contributed by atoms with van der Waals surface area (Å²) >= 11 is 0. The van der Waals surface area contributed by atoms with Gasteiger partial charge in [-0.1, -0.05) is 48.5 Å². The van der Waals surface area contributed by atoms with Crippen LogP contribution in [0.4, 0.5) is 10.2 Å². The first kappa shape index (κ1) is 14.4. The van der Waals surface area contributed by atoms with E-state index >= 15 is 0 Å². The molecule has 118 valence electrons. The molecular formula is C19H15FN4. The molecule has 0 aliphatic rings. The fourth-order valence-corrected chi connectivity index (χ4v) is 2.62. The number of rotatable bonds is 4. The molecule has 4 rings (SSSR count). The van der Waals surface area contributed by atoms with Crippen LogP contribution in [-0.2, 0) is 6.54 Å². The number of nitrogens with one attached hydrogen (secondary N) is 1. The van der Waals surface area contributed by atoms with Gasteiger partial charge in [0.15, 0.2) is 5.65 Å². The van der Waals surface area contributed by atoms with Crippen molar-refractivity contribution in [1.82, 2.24) is 14.6 Å². The number of halogens is 1. The highest BCUT2D eigenvalue weighted by Crippen LogP contribution is 2.22. The molecule has 2 aromatic heterocycles. The van der Waals surface area contributed by atoms with Gasteiger partial charge in [-0.25, -0.2) is 9.37 Å². The summed E-state index contributed by atoms with van der Waals surface area (Å²) in [6.45, 7) is 0.375. The predicted octanol–water partition coefficient (Wildman–Crippen LogP) is 4.15. The van der Waals surface area contributed by atoms with Crippen molar-refractivity contribution in [3.63, 3.8) is 0 Å². The number of hydrogen-bond donors (Lipinski definition) is 1. The van der Waals surface area contributed by atoms with Crippen molar-refractivity contribution >= 4 is 11.5 Å². The van der Waals surface area contributed by atoms with Crippen LogP contribution in [0.25, 0.3) is 16.9 Å². The molecule has 0 atom stereocenters. The first-order chi connectivity index (χ1) is 11.8. The SMILES string of the molecule is Fc1ccccc1CNc1cc(-c2ccccc2)nc2ccnn12. The third-order valence-corrected chi connectivity index (χ3v) is 3.85. The molecule has 4 nitrogen and oxygen atoms in total. The van der Waals surface area contributed by atoms with E-state index in [0.29, 0.717) is 12.1 Å². The Hall–Kier alpha value is -3.21. The van der Waals surface area contributed by atoms with Gasteiger partial charge in [0.25, 0.3) is 0 Å². The fourth-order valence-electron chi connectivity index (χ4n) is 2.62. The van der Waals surface area contributed by atoms with E-state index < -0.39 is 0 Å². The summed E-state index contributed by atoms with van der Waals surface area (Å²) in [6.07, 6.45) is 1.70. The number of nitrogens with zero attached hydrogens (tertiary/aromatic N) is 3. The Morgan fingerprint density at radius 2 is 1.75 bits per heavy atom. The Bertz CT molecular complexity index is 979. The molecule has 0 unspecified atom stereocenters. The summed E-state index contributed by atoms with van der Waals surface area (Å²) in [4.78, 5) is 4.63. The number of anilines is 1. The average molecular weight is 318 g/mol. The standard InChI is InChI=1S/C19H15FN4/c20-16-9-5-4-8-15(16)13-21-19-12-17(14-6-2-1-3-7-14)23-18-10-11-22-24(18)19/h1-12,21H,13H2. The van der Waals surface area contributed by atoms with Gasteiger partial charge in [-0.15, -0.1) is 0 Å². The van der Waals surface area contributed by atoms with E-state index in [0.717, 1.165) is 22.7 Å². The van der Waals surface area contributed by atoms with E-state index in [1.165, 1.54) is 6.07 Å². The van der Waals surface area contributed by atoms with Gasteiger partial charge in [0.1, 0.15) is 11.6 Å². The predicted molar refractivity (Wildman–Crippen MR) is 92.1 cm³/mol. The molecule has 1 N–H and O–H groups in total. The molecule has 0 spiro atoms. The van der Waals surface area contributed by atoms with E-state index in [-0.39, 0.29) is 5.82 Å². The minimum atomic E-state index is -0.223. The van der Waals surface area contributed by atoms with Crippen molar-refractivity contribution in [3.8, 4) is 11.3 Å². The van der Waals surface area contributed by atoms with Crippen LogP contribution in [0.2, 0.25) is 0 Å². The normalized spacial score (nSPS) is 10.9. The number of aromatic nitrogens is 3. The molecule has 2 aromatic carbocycles. The summed E-state index contributed by atoms with van der Waals surface area (Å²) in [7, 11) is 0. The van der Waals surface area contributed by atoms with Crippen LogP contribution < -0.4 is 5.32 Å². The molecule has 0 saturated carbocycles. The third kappa shape index (κ3) is 2.72. The second-order valence-electron chi connectivity index (χ2n) is 5.44. The molecule has 2 heterocycles. The molecule has 5 heteroatoms. The second-order valence-corrected chi connectivity index (χ2v) is 5.44. The largest absolute Gasteiger partial charge is 0.366 e. The smallest absolute Gasteiger partial charge is 0.157 e. The molecule has 24 heavy (non-hydrogen) atoms. The first-order valence-corrected chi connectivity index (χ1v) is 7.69. The van der Waals surface area contributed by atoms with Gasteiger partial charge in [-0.3, -0.25) is 0 Å². The topological polar surface area (TPSA) is 42.2 Å². The molecular weight excluding hydrogens is 303 g/mol. The van der Waals surface area contributed by atoms with E-state index in [1.54, 1.807) is 22.8 Å². The van der Waals surface area contributed by atoms with E-state index in [4.69, 9.17) is 0 Å². The van der Waals surface area contributed by atoms with Crippen molar-refractivity contribution < 1.29 is 4.39 Å². The quantitative estimate of drug-likeness (QED) is 0.615. The summed E-state index contributed by atoms with van der Waals surface area (Å²) in [5.74, 6) is 0.547. The lowest BCUT2D eigenvalue weighted by Crippen LogP contribution is -2.07. The highest BCUT2D eigenvalue weighted by molar-refractivity contribution is 5.66. The van der Waals surface area contributed by atoms with E-state index in [9.17, 15) is 4.39 Å². The molecule has 0 aliphatic carbocycles. The molecule has 0 saturated heterocycles. The zero-order valence-corrected chi connectivity index (χ0v) is 12.9. The third-order valence-electron chi connectivity index (χ3n) is 3.85. The maximum absolute atomic E-state index is 13.8. The van der Waals surface area contributed by atoms with Crippen LogP contribution in [0, 0.1) is 5.82 Å². The summed E-state index contributed by atoms with van der Waals surface area (Å²) < 4.78 is 15.5. The van der Waals surface area contributed by atoms with Crippen LogP contribution in [0.15, 0.2) is 72.9 Å². The maximum atomic E-state index is 13.8. The van der Waals surface area contributed by atoms with Gasteiger partial charge in [0.2, 0.25) is 0 Å². The number of hydrogen-bond acceptors (Lipinski definition) is 3. The molecule has 0 fully saturated rings. The Morgan fingerprint density at radius 1 is 0.958 bits per heavy atom. The Labute approximate surface area is 138 Å². The Kier molecular flexibility index (Phi) is 3.67. The number of fused-ring (bicyclic) bond motifs is 1. The van der Waals surface area contributed by atoms with Crippen molar-refractivity contribution in [3.05, 3.63) is 84.3 Å². The molecule has 4 aromatic rings. The van der Waals surface area contributed by atoms with Crippen molar-refractivity contribution in [2.75, 3.05) is 5.32 Å². The number of benzene rings is 2. The van der Waals surface area contributed by atoms with Crippen molar-refractivity contribution in [1.29, 1.82) is 0 Å². The average Bonchev–Trinajstić information content (AvgIpc) is 3.10. The zero-order valence-electron chi connectivity index (χ0n) is 12.9. The minimum Gasteiger partial charge on any atom is -0.366 e. The molecule has 0 aliphatic heterocycles. The summed E-state index contributed by atoms with van der Waals surface area (Å²) in [5, 5.41) is 7.55. The highest BCUT2D eigenvalue weighted by Gasteiger charge is 2.09. The first-order valence-electron chi connectivity index (χ1n) is 7.69. The molecule has 0 bridgehead atoms. The minimum absolute atomic E-state index is 0.223. The van der Waals surface area contributed by atoms with Crippen LogP contribution in [0.1, 0.15) is 5.56 Å². The van der Waals surface area contributed by atoms with Gasteiger partial charge >= 0.3 is 0 Å². The summed E-state index contributed by atoms with van der Waals surface area (Å²) in [6, 6.07) is 20.5. The van der Waals surface area contributed by atoms with Gasteiger partial charge in [0.05, 0.1) is 11.9 Å². The maximum Gasteiger partial charge on any atom is 0.157 e. The zero-order chi connectivity index (χ0) is 16.4. The monoisotopic (exact) mass is 318 g/mol. The fraction of sp³-hybridized carbons (Fsp3) is 0.0526. The van der Waals surface area contributed by atoms with Crippen LogP contribution in [0.5, 0.6) is 0 Å². The van der Waals surface area contributed by atoms with Crippen LogP contribution in [-0.4, -0.2) is 14.6 Å². The lowest BCUT2D eigenvalue weighted by molar-refractivity contribution is 0.612. The highest BCUT2D eigenvalue weighted by atomic mass is 19.1. The lowest BCUT2D eigenvalue weighted by atomic mass is 10.1. The van der Waals surface area contributed by atoms with Crippen molar-refractivity contribution in [2.24, 2.45) is 0 Å². The van der Waals surface area contributed by atoms with Gasteiger partial charge in [-0.05, 0) is 6.07 Å². The van der Waals surface area contributed by atoms with Crippen LogP contribution in [0.3, 0.4) is 0 Å².